The molecule has 1 N–H and O–H groups in total. The highest BCUT2D eigenvalue weighted by Gasteiger charge is 2.28. The van der Waals surface area contributed by atoms with E-state index in [1.165, 1.54) is 5.69 Å². The first-order chi connectivity index (χ1) is 18.7. The monoisotopic (exact) mass is 508 g/mol. The number of H-pyrrole nitrogens is 1. The molecule has 0 spiro atoms. The summed E-state index contributed by atoms with van der Waals surface area (Å²) >= 11 is 0. The number of pyridine rings is 2. The number of nitrogens with one attached hydrogen (secondary N) is 1. The lowest BCUT2D eigenvalue weighted by atomic mass is 9.91. The van der Waals surface area contributed by atoms with Crippen LogP contribution >= 0.6 is 0 Å². The van der Waals surface area contributed by atoms with Crippen LogP contribution in [0.15, 0.2) is 55.0 Å². The second-order valence-corrected chi connectivity index (χ2v) is 10.5. The fourth-order valence-corrected chi connectivity index (χ4v) is 5.92. The van der Waals surface area contributed by atoms with Crippen LogP contribution in [-0.2, 0) is 4.79 Å². The minimum atomic E-state index is 0.279. The van der Waals surface area contributed by atoms with Crippen LogP contribution in [0.1, 0.15) is 37.7 Å². The number of benzene rings is 1. The van der Waals surface area contributed by atoms with E-state index in [1.807, 2.05) is 30.7 Å². The summed E-state index contributed by atoms with van der Waals surface area (Å²) in [7, 11) is 0. The standard InChI is InChI=1S/C30H32N6O2/c31-17-22-3-5-24(6-4-22)38-20-23-2-1-13-36(19-23)28(37)16-21-9-14-35(15-10-21)27-8-12-32-26-18-34-30-25(29(26)27)7-11-33-30/h3-8,11-12,18,21,23H,1-2,9-10,13-16,19-20H2,(H,33,34). The van der Waals surface area contributed by atoms with Gasteiger partial charge in [0.2, 0.25) is 5.91 Å². The summed E-state index contributed by atoms with van der Waals surface area (Å²) in [5.41, 5.74) is 3.62. The summed E-state index contributed by atoms with van der Waals surface area (Å²) < 4.78 is 5.97. The van der Waals surface area contributed by atoms with Crippen molar-refractivity contribution in [3.63, 3.8) is 0 Å². The lowest BCUT2D eigenvalue weighted by molar-refractivity contribution is -0.134. The number of likely N-dealkylation sites (tertiary alicyclic amines) is 1. The number of anilines is 1. The molecule has 1 amide bonds. The van der Waals surface area contributed by atoms with E-state index in [1.54, 1.807) is 12.1 Å². The molecule has 3 aromatic heterocycles. The van der Waals surface area contributed by atoms with Crippen molar-refractivity contribution < 1.29 is 9.53 Å². The zero-order valence-electron chi connectivity index (χ0n) is 21.5. The summed E-state index contributed by atoms with van der Waals surface area (Å²) in [6.45, 7) is 4.07. The van der Waals surface area contributed by atoms with E-state index in [0.717, 1.165) is 79.5 Å². The summed E-state index contributed by atoms with van der Waals surface area (Å²) in [6.07, 6.45) is 10.4. The molecule has 1 unspecified atom stereocenters. The van der Waals surface area contributed by atoms with Crippen LogP contribution in [0.4, 0.5) is 5.69 Å². The number of amides is 1. The average molecular weight is 509 g/mol. The predicted molar refractivity (Wildman–Crippen MR) is 147 cm³/mol. The van der Waals surface area contributed by atoms with Gasteiger partial charge in [0.25, 0.3) is 0 Å². The van der Waals surface area contributed by atoms with Crippen molar-refractivity contribution in [3.05, 3.63) is 60.6 Å². The predicted octanol–water partition coefficient (Wildman–Crippen LogP) is 4.91. The fraction of sp³-hybridized carbons (Fsp3) is 0.400. The highest BCUT2D eigenvalue weighted by molar-refractivity contribution is 6.09. The number of rotatable bonds is 6. The van der Waals surface area contributed by atoms with Crippen molar-refractivity contribution in [2.24, 2.45) is 11.8 Å². The van der Waals surface area contributed by atoms with Crippen LogP contribution in [0.5, 0.6) is 5.75 Å². The molecule has 2 aliphatic rings. The third kappa shape index (κ3) is 5.01. The van der Waals surface area contributed by atoms with Gasteiger partial charge in [-0.25, -0.2) is 4.98 Å². The third-order valence-corrected chi connectivity index (χ3v) is 8.03. The van der Waals surface area contributed by atoms with Gasteiger partial charge in [-0.05, 0) is 68.0 Å². The highest BCUT2D eigenvalue weighted by atomic mass is 16.5. The van der Waals surface area contributed by atoms with Crippen molar-refractivity contribution in [2.45, 2.75) is 32.1 Å². The molecule has 2 fully saturated rings. The summed E-state index contributed by atoms with van der Waals surface area (Å²) in [6, 6.07) is 13.5. The van der Waals surface area contributed by atoms with Gasteiger partial charge in [-0.3, -0.25) is 9.78 Å². The van der Waals surface area contributed by atoms with Crippen molar-refractivity contribution in [2.75, 3.05) is 37.7 Å². The molecule has 0 radical (unpaired) electrons. The number of aromatic amines is 1. The first-order valence-corrected chi connectivity index (χ1v) is 13.5. The van der Waals surface area contributed by atoms with Crippen molar-refractivity contribution >= 4 is 33.5 Å². The number of hydrogen-bond acceptors (Lipinski definition) is 6. The molecule has 4 aromatic rings. The Bertz CT molecular complexity index is 1470. The average Bonchev–Trinajstić information content (AvgIpc) is 3.46. The van der Waals surface area contributed by atoms with E-state index in [9.17, 15) is 4.79 Å². The lowest BCUT2D eigenvalue weighted by Crippen LogP contribution is -2.43. The van der Waals surface area contributed by atoms with Crippen molar-refractivity contribution in [1.29, 1.82) is 5.26 Å². The summed E-state index contributed by atoms with van der Waals surface area (Å²) in [5, 5.41) is 11.2. The number of ether oxygens (including phenoxy) is 1. The van der Waals surface area contributed by atoms with E-state index in [2.05, 4.69) is 43.0 Å². The molecule has 8 heteroatoms. The maximum Gasteiger partial charge on any atom is 0.222 e. The van der Waals surface area contributed by atoms with Gasteiger partial charge in [-0.15, -0.1) is 0 Å². The quantitative estimate of drug-likeness (QED) is 0.398. The minimum Gasteiger partial charge on any atom is -0.493 e. The Hall–Kier alpha value is -4.12. The Balaban J connectivity index is 1.03. The molecule has 6 rings (SSSR count). The Labute approximate surface area is 222 Å². The van der Waals surface area contributed by atoms with Crippen LogP contribution < -0.4 is 9.64 Å². The smallest absolute Gasteiger partial charge is 0.222 e. The van der Waals surface area contributed by atoms with Gasteiger partial charge in [0.15, 0.2) is 0 Å². The van der Waals surface area contributed by atoms with E-state index >= 15 is 0 Å². The number of carbonyl (C=O) groups excluding carboxylic acids is 1. The van der Waals surface area contributed by atoms with Gasteiger partial charge in [-0.1, -0.05) is 0 Å². The molecule has 38 heavy (non-hydrogen) atoms. The number of hydrogen-bond donors (Lipinski definition) is 1. The van der Waals surface area contributed by atoms with Gasteiger partial charge in [0.1, 0.15) is 11.4 Å². The SMILES string of the molecule is N#Cc1ccc(OCC2CCCN(C(=O)CC3CCN(c4ccnc5cnc6[nH]ccc6c45)CC3)C2)cc1. The molecule has 194 valence electrons. The third-order valence-electron chi connectivity index (χ3n) is 8.03. The maximum atomic E-state index is 13.2. The maximum absolute atomic E-state index is 13.2. The fourth-order valence-electron chi connectivity index (χ4n) is 5.92. The van der Waals surface area contributed by atoms with Crippen LogP contribution in [0.2, 0.25) is 0 Å². The Morgan fingerprint density at radius 2 is 1.89 bits per heavy atom. The largest absolute Gasteiger partial charge is 0.493 e. The van der Waals surface area contributed by atoms with Crippen molar-refractivity contribution in [1.82, 2.24) is 19.9 Å². The van der Waals surface area contributed by atoms with Crippen LogP contribution in [-0.4, -0.2) is 58.5 Å². The number of aromatic nitrogens is 3. The molecule has 0 saturated carbocycles. The second-order valence-electron chi connectivity index (χ2n) is 10.5. The second kappa shape index (κ2) is 10.7. The molecule has 8 nitrogen and oxygen atoms in total. The topological polar surface area (TPSA) is 98.1 Å². The molecule has 5 heterocycles. The molecule has 2 aliphatic heterocycles. The highest BCUT2D eigenvalue weighted by Crippen LogP contribution is 2.34. The van der Waals surface area contributed by atoms with E-state index in [0.29, 0.717) is 30.4 Å². The van der Waals surface area contributed by atoms with E-state index < -0.39 is 0 Å². The number of carbonyl (C=O) groups is 1. The molecule has 1 atom stereocenters. The van der Waals surface area contributed by atoms with E-state index in [4.69, 9.17) is 10.00 Å². The number of fused-ring (bicyclic) bond motifs is 3. The minimum absolute atomic E-state index is 0.279. The summed E-state index contributed by atoms with van der Waals surface area (Å²) in [5.74, 6) is 1.80. The van der Waals surface area contributed by atoms with Gasteiger partial charge >= 0.3 is 0 Å². The molecular weight excluding hydrogens is 476 g/mol. The first-order valence-electron chi connectivity index (χ1n) is 13.5. The van der Waals surface area contributed by atoms with Crippen molar-refractivity contribution in [3.8, 4) is 11.8 Å². The molecule has 2 saturated heterocycles. The van der Waals surface area contributed by atoms with Crippen LogP contribution in [0, 0.1) is 23.2 Å². The normalized spacial score (nSPS) is 18.6. The first kappa shape index (κ1) is 24.2. The van der Waals surface area contributed by atoms with Gasteiger partial charge < -0.3 is 19.5 Å². The zero-order valence-corrected chi connectivity index (χ0v) is 21.5. The van der Waals surface area contributed by atoms with Gasteiger partial charge in [0.05, 0.1) is 30.0 Å². The van der Waals surface area contributed by atoms with Gasteiger partial charge in [-0.2, -0.15) is 5.26 Å². The Morgan fingerprint density at radius 1 is 1.05 bits per heavy atom. The summed E-state index contributed by atoms with van der Waals surface area (Å²) in [4.78, 5) is 29.9. The molecule has 0 bridgehead atoms. The number of piperidine rings is 2. The zero-order chi connectivity index (χ0) is 25.9. The lowest BCUT2D eigenvalue weighted by Gasteiger charge is -2.36. The molecule has 1 aromatic carbocycles. The number of nitrogens with zero attached hydrogens (tertiary/aromatic N) is 5. The van der Waals surface area contributed by atoms with Gasteiger partial charge in [0, 0.05) is 67.4 Å². The van der Waals surface area contributed by atoms with E-state index in [-0.39, 0.29) is 5.91 Å². The molecule has 0 aliphatic carbocycles. The number of nitriles is 1. The Kier molecular flexibility index (Phi) is 6.82. The Morgan fingerprint density at radius 3 is 2.71 bits per heavy atom. The van der Waals surface area contributed by atoms with Crippen LogP contribution in [0.3, 0.4) is 0 Å². The van der Waals surface area contributed by atoms with Crippen LogP contribution in [0.25, 0.3) is 21.9 Å². The molecular formula is C30H32N6O2.